The zero-order valence-electron chi connectivity index (χ0n) is 17.5. The van der Waals surface area contributed by atoms with Crippen LogP contribution in [0.2, 0.25) is 0 Å². The van der Waals surface area contributed by atoms with E-state index in [0.717, 1.165) is 24.3 Å². The number of nitriles is 1. The number of nitrogens with zero attached hydrogens (tertiary/aromatic N) is 2. The Morgan fingerprint density at radius 1 is 1.10 bits per heavy atom. The Bertz CT molecular complexity index is 1100. The topological polar surface area (TPSA) is 139 Å². The maximum absolute atomic E-state index is 13.5. The fourth-order valence-corrected chi connectivity index (χ4v) is 4.49. The van der Waals surface area contributed by atoms with Crippen LogP contribution in [0.25, 0.3) is 0 Å². The highest BCUT2D eigenvalue weighted by molar-refractivity contribution is 7.93. The monoisotopic (exact) mass is 445 g/mol. The molecule has 0 saturated carbocycles. The molecule has 0 radical (unpaired) electrons. The van der Waals surface area contributed by atoms with Crippen LogP contribution in [0.4, 0.5) is 10.5 Å². The largest absolute Gasteiger partial charge is 0.444 e. The van der Waals surface area contributed by atoms with E-state index in [1.165, 1.54) is 6.92 Å². The molecule has 2 rings (SSSR count). The fourth-order valence-electron chi connectivity index (χ4n) is 2.88. The Hall–Kier alpha value is -3.45. The van der Waals surface area contributed by atoms with Crippen molar-refractivity contribution in [2.75, 3.05) is 0 Å². The number of nitro groups is 1. The van der Waals surface area contributed by atoms with E-state index in [1.54, 1.807) is 51.1 Å². The smallest absolute Gasteiger partial charge is 0.408 e. The summed E-state index contributed by atoms with van der Waals surface area (Å²) in [5, 5.41) is 23.4. The summed E-state index contributed by atoms with van der Waals surface area (Å²) in [6, 6.07) is 13.0. The van der Waals surface area contributed by atoms with E-state index in [2.05, 4.69) is 5.32 Å². The van der Waals surface area contributed by atoms with Crippen molar-refractivity contribution in [2.45, 2.75) is 49.0 Å². The number of sulfone groups is 1. The van der Waals surface area contributed by atoms with E-state index in [4.69, 9.17) is 4.74 Å². The first-order valence-electron chi connectivity index (χ1n) is 9.26. The number of rotatable bonds is 6. The zero-order valence-corrected chi connectivity index (χ0v) is 18.3. The lowest BCUT2D eigenvalue weighted by Gasteiger charge is -2.33. The minimum Gasteiger partial charge on any atom is -0.444 e. The zero-order chi connectivity index (χ0) is 23.4. The molecule has 0 aromatic heterocycles. The van der Waals surface area contributed by atoms with Crippen molar-refractivity contribution >= 4 is 21.6 Å². The SMILES string of the molecule is CC(C)(C)OC(=O)N[C@@H](c1ccccc1)[C@@](C)(C#N)S(=O)(=O)c1ccc([N+](=O)[O-])cc1. The van der Waals surface area contributed by atoms with Crippen LogP contribution in [0.3, 0.4) is 0 Å². The summed E-state index contributed by atoms with van der Waals surface area (Å²) < 4.78 is 30.0. The van der Waals surface area contributed by atoms with Gasteiger partial charge in [0.25, 0.3) is 5.69 Å². The Kier molecular flexibility index (Phi) is 6.71. The van der Waals surface area contributed by atoms with E-state index in [1.807, 2.05) is 6.07 Å². The molecule has 0 saturated heterocycles. The predicted molar refractivity (Wildman–Crippen MR) is 113 cm³/mol. The number of nitro benzene ring substituents is 1. The Morgan fingerprint density at radius 3 is 2.10 bits per heavy atom. The maximum atomic E-state index is 13.5. The van der Waals surface area contributed by atoms with Crippen LogP contribution >= 0.6 is 0 Å². The summed E-state index contributed by atoms with van der Waals surface area (Å²) in [4.78, 5) is 22.4. The van der Waals surface area contributed by atoms with Crippen molar-refractivity contribution in [3.05, 3.63) is 70.3 Å². The van der Waals surface area contributed by atoms with Crippen molar-refractivity contribution < 1.29 is 22.9 Å². The van der Waals surface area contributed by atoms with Crippen LogP contribution < -0.4 is 5.32 Å². The lowest BCUT2D eigenvalue weighted by molar-refractivity contribution is -0.384. The Balaban J connectivity index is 2.58. The minimum absolute atomic E-state index is 0.283. The first-order chi connectivity index (χ1) is 14.3. The first-order valence-corrected chi connectivity index (χ1v) is 10.7. The standard InChI is InChI=1S/C21H23N3O6S/c1-20(2,3)30-19(25)23-18(15-8-6-5-7-9-15)21(4,14-22)31(28,29)17-12-10-16(11-13-17)24(26)27/h5-13,18H,1-4H3,(H,23,25)/t18-,21+/m0/s1. The van der Waals surface area contributed by atoms with Crippen molar-refractivity contribution in [1.82, 2.24) is 5.32 Å². The summed E-state index contributed by atoms with van der Waals surface area (Å²) >= 11 is 0. The molecule has 0 aliphatic heterocycles. The van der Waals surface area contributed by atoms with Crippen LogP contribution in [0.5, 0.6) is 0 Å². The van der Waals surface area contributed by atoms with E-state index >= 15 is 0 Å². The van der Waals surface area contributed by atoms with Crippen LogP contribution in [-0.2, 0) is 14.6 Å². The van der Waals surface area contributed by atoms with Crippen molar-refractivity contribution in [2.24, 2.45) is 0 Å². The van der Waals surface area contributed by atoms with Gasteiger partial charge >= 0.3 is 6.09 Å². The molecule has 31 heavy (non-hydrogen) atoms. The molecule has 0 unspecified atom stereocenters. The van der Waals surface area contributed by atoms with Gasteiger partial charge in [-0.1, -0.05) is 30.3 Å². The number of hydrogen-bond acceptors (Lipinski definition) is 7. The number of benzene rings is 2. The van der Waals surface area contributed by atoms with Gasteiger partial charge in [0.05, 0.1) is 21.9 Å². The molecule has 0 aliphatic carbocycles. The summed E-state index contributed by atoms with van der Waals surface area (Å²) in [6.07, 6.45) is -0.887. The van der Waals surface area contributed by atoms with Gasteiger partial charge in [0, 0.05) is 12.1 Å². The number of non-ortho nitro benzene ring substituents is 1. The van der Waals surface area contributed by atoms with Crippen LogP contribution in [-0.4, -0.2) is 29.8 Å². The van der Waals surface area contributed by atoms with Crippen molar-refractivity contribution in [3.63, 3.8) is 0 Å². The average Bonchev–Trinajstić information content (AvgIpc) is 2.70. The van der Waals surface area contributed by atoms with Gasteiger partial charge in [-0.25, -0.2) is 13.2 Å². The van der Waals surface area contributed by atoms with Gasteiger partial charge in [0.15, 0.2) is 14.6 Å². The molecule has 0 spiro atoms. The van der Waals surface area contributed by atoms with E-state index in [9.17, 15) is 28.6 Å². The van der Waals surface area contributed by atoms with Crippen molar-refractivity contribution in [1.29, 1.82) is 5.26 Å². The normalized spacial score (nSPS) is 14.5. The molecule has 2 aromatic rings. The van der Waals surface area contributed by atoms with Crippen LogP contribution in [0, 0.1) is 21.4 Å². The molecule has 9 nitrogen and oxygen atoms in total. The Morgan fingerprint density at radius 2 is 1.65 bits per heavy atom. The highest BCUT2D eigenvalue weighted by atomic mass is 32.2. The average molecular weight is 445 g/mol. The minimum atomic E-state index is -4.38. The molecule has 0 aliphatic rings. The predicted octanol–water partition coefficient (Wildman–Crippen LogP) is 3.92. The first kappa shape index (κ1) is 23.8. The van der Waals surface area contributed by atoms with Gasteiger partial charge in [-0.3, -0.25) is 10.1 Å². The summed E-state index contributed by atoms with van der Waals surface area (Å²) in [5.41, 5.74) is -0.752. The molecule has 1 N–H and O–H groups in total. The molecule has 10 heteroatoms. The number of carbonyl (C=O) groups excluding carboxylic acids is 1. The van der Waals surface area contributed by atoms with Gasteiger partial charge in [0.1, 0.15) is 5.60 Å². The number of ether oxygens (including phenoxy) is 1. The number of hydrogen-bond donors (Lipinski definition) is 1. The molecule has 164 valence electrons. The molecule has 2 atom stereocenters. The number of alkyl carbamates (subject to hydrolysis) is 1. The lowest BCUT2D eigenvalue weighted by atomic mass is 9.95. The molecular formula is C21H23N3O6S. The summed E-state index contributed by atoms with van der Waals surface area (Å²) in [6.45, 7) is 6.16. The molecule has 0 heterocycles. The van der Waals surface area contributed by atoms with Gasteiger partial charge in [-0.05, 0) is 45.4 Å². The number of amides is 1. The highest BCUT2D eigenvalue weighted by Crippen LogP contribution is 2.37. The molecule has 1 amide bonds. The van der Waals surface area contributed by atoms with E-state index < -0.39 is 37.2 Å². The quantitative estimate of drug-likeness (QED) is 0.525. The number of carbonyl (C=O) groups is 1. The molecular weight excluding hydrogens is 422 g/mol. The highest BCUT2D eigenvalue weighted by Gasteiger charge is 2.49. The molecule has 0 bridgehead atoms. The summed E-state index contributed by atoms with van der Waals surface area (Å²) in [7, 11) is -4.38. The van der Waals surface area contributed by atoms with E-state index in [0.29, 0.717) is 5.56 Å². The second-order valence-electron chi connectivity index (χ2n) is 7.96. The van der Waals surface area contributed by atoms with Gasteiger partial charge in [-0.2, -0.15) is 5.26 Å². The van der Waals surface area contributed by atoms with Gasteiger partial charge in [0.2, 0.25) is 0 Å². The third-order valence-electron chi connectivity index (χ3n) is 4.48. The fraction of sp³-hybridized carbons (Fsp3) is 0.333. The third kappa shape index (κ3) is 5.19. The van der Waals surface area contributed by atoms with Crippen LogP contribution in [0.1, 0.15) is 39.3 Å². The van der Waals surface area contributed by atoms with Crippen molar-refractivity contribution in [3.8, 4) is 6.07 Å². The van der Waals surface area contributed by atoms with E-state index in [-0.39, 0.29) is 10.6 Å². The van der Waals surface area contributed by atoms with Gasteiger partial charge < -0.3 is 10.1 Å². The Labute approximate surface area is 180 Å². The lowest BCUT2D eigenvalue weighted by Crippen LogP contribution is -2.49. The second kappa shape index (κ2) is 8.73. The number of nitrogens with one attached hydrogen (secondary N) is 1. The summed E-state index contributed by atoms with van der Waals surface area (Å²) in [5.74, 6) is 0. The van der Waals surface area contributed by atoms with Crippen LogP contribution in [0.15, 0.2) is 59.5 Å². The maximum Gasteiger partial charge on any atom is 0.408 e. The third-order valence-corrected chi connectivity index (χ3v) is 6.82. The molecule has 2 aromatic carbocycles. The molecule has 0 fully saturated rings. The van der Waals surface area contributed by atoms with Gasteiger partial charge in [-0.15, -0.1) is 0 Å². The second-order valence-corrected chi connectivity index (χ2v) is 10.3.